The van der Waals surface area contributed by atoms with Crippen molar-refractivity contribution in [3.63, 3.8) is 0 Å². The third-order valence-corrected chi connectivity index (χ3v) is 8.04. The molecule has 0 radical (unpaired) electrons. The predicted octanol–water partition coefficient (Wildman–Crippen LogP) is 2.78. The van der Waals surface area contributed by atoms with Gasteiger partial charge in [-0.25, -0.2) is 8.57 Å². The lowest BCUT2D eigenvalue weighted by Gasteiger charge is -2.14. The number of hydrogen-bond donors (Lipinski definition) is 1. The fraction of sp³-hybridized carbons (Fsp3) is 0.500. The minimum absolute atomic E-state index is 0.706. The Morgan fingerprint density at radius 1 is 1.64 bits per heavy atom. The summed E-state index contributed by atoms with van der Waals surface area (Å²) in [5.74, 6) is 0. The Morgan fingerprint density at radius 2 is 2.21 bits per heavy atom. The van der Waals surface area contributed by atoms with Crippen LogP contribution in [0.3, 0.4) is 0 Å². The van der Waals surface area contributed by atoms with Gasteiger partial charge >= 0.3 is 0 Å². The van der Waals surface area contributed by atoms with Crippen LogP contribution in [0.25, 0.3) is 0 Å². The fourth-order valence-corrected chi connectivity index (χ4v) is 4.26. The van der Waals surface area contributed by atoms with Crippen LogP contribution in [0.1, 0.15) is 19.4 Å². The third-order valence-electron chi connectivity index (χ3n) is 1.76. The maximum atomic E-state index is 11.8. The summed E-state index contributed by atoms with van der Waals surface area (Å²) in [6.45, 7) is 1.13. The normalized spacial score (nSPS) is 16.4. The van der Waals surface area contributed by atoms with Crippen molar-refractivity contribution in [2.24, 2.45) is 4.36 Å². The van der Waals surface area contributed by atoms with Crippen LogP contribution < -0.4 is 0 Å². The number of aliphatic hydroxyl groups is 1. The van der Waals surface area contributed by atoms with Gasteiger partial charge in [-0.1, -0.05) is 0 Å². The molecule has 0 saturated carbocycles. The van der Waals surface area contributed by atoms with Crippen LogP contribution in [0, 0.1) is 0 Å². The zero-order valence-electron chi connectivity index (χ0n) is 8.15. The molecule has 3 nitrogen and oxygen atoms in total. The monoisotopic (exact) mass is 345 g/mol. The van der Waals surface area contributed by atoms with Gasteiger partial charge in [-0.3, -0.25) is 0 Å². The van der Waals surface area contributed by atoms with Gasteiger partial charge in [-0.05, 0) is 30.9 Å². The lowest BCUT2D eigenvalue weighted by atomic mass is 10.0. The first-order valence-electron chi connectivity index (χ1n) is 3.93. The molecule has 0 bridgehead atoms. The molecule has 0 spiro atoms. The first-order valence-corrected chi connectivity index (χ1v) is 8.87. The standard InChI is InChI=1S/C8H12INO2S2/c1-8(2,11)6-4-7(13-5-6)14(9,12)10-3/h4-5,11H,1-3H3. The maximum absolute atomic E-state index is 11.8. The van der Waals surface area contributed by atoms with E-state index in [4.69, 9.17) is 0 Å². The SMILES string of the molecule is CN=S(=O)(I)c1cc(C(C)(C)O)cs1. The first kappa shape index (κ1) is 12.4. The molecule has 0 aliphatic heterocycles. The largest absolute Gasteiger partial charge is 0.386 e. The molecule has 0 fully saturated rings. The number of rotatable bonds is 2. The van der Waals surface area contributed by atoms with Crippen molar-refractivity contribution in [1.29, 1.82) is 0 Å². The minimum atomic E-state index is -2.29. The van der Waals surface area contributed by atoms with Crippen molar-refractivity contribution in [3.05, 3.63) is 17.0 Å². The summed E-state index contributed by atoms with van der Waals surface area (Å²) in [7, 11) is 1.54. The predicted molar refractivity (Wildman–Crippen MR) is 68.3 cm³/mol. The Hall–Kier alpha value is 0.340. The maximum Gasteiger partial charge on any atom is 0.139 e. The highest BCUT2D eigenvalue weighted by Gasteiger charge is 2.20. The van der Waals surface area contributed by atoms with Crippen LogP contribution in [0.15, 0.2) is 20.0 Å². The molecule has 1 unspecified atom stereocenters. The summed E-state index contributed by atoms with van der Waals surface area (Å²) in [6.07, 6.45) is 0. The van der Waals surface area contributed by atoms with Crippen LogP contribution in [-0.2, 0) is 12.5 Å². The Labute approximate surface area is 100 Å². The van der Waals surface area contributed by atoms with E-state index in [-0.39, 0.29) is 0 Å². The van der Waals surface area contributed by atoms with E-state index in [1.165, 1.54) is 18.4 Å². The molecule has 0 aromatic carbocycles. The molecule has 6 heteroatoms. The van der Waals surface area contributed by atoms with Crippen molar-refractivity contribution >= 4 is 39.4 Å². The summed E-state index contributed by atoms with van der Waals surface area (Å²) in [5, 5.41) is 11.5. The van der Waals surface area contributed by atoms with Crippen LogP contribution in [-0.4, -0.2) is 16.4 Å². The van der Waals surface area contributed by atoms with E-state index in [9.17, 15) is 9.32 Å². The molecule has 1 heterocycles. The van der Waals surface area contributed by atoms with Crippen LogP contribution in [0.5, 0.6) is 0 Å². The minimum Gasteiger partial charge on any atom is -0.386 e. The first-order chi connectivity index (χ1) is 6.27. The average Bonchev–Trinajstić information content (AvgIpc) is 2.51. The van der Waals surface area contributed by atoms with E-state index in [2.05, 4.69) is 4.36 Å². The molecular weight excluding hydrogens is 333 g/mol. The van der Waals surface area contributed by atoms with Gasteiger partial charge in [0.25, 0.3) is 0 Å². The smallest absolute Gasteiger partial charge is 0.139 e. The second kappa shape index (κ2) is 4.07. The van der Waals surface area contributed by atoms with E-state index >= 15 is 0 Å². The molecule has 1 aromatic rings. The molecule has 1 rings (SSSR count). The summed E-state index contributed by atoms with van der Waals surface area (Å²) in [4.78, 5) is 0. The van der Waals surface area contributed by atoms with Gasteiger partial charge in [-0.15, -0.1) is 11.3 Å². The number of nitrogens with zero attached hydrogens (tertiary/aromatic N) is 1. The van der Waals surface area contributed by atoms with Crippen LogP contribution >= 0.6 is 32.5 Å². The Morgan fingerprint density at radius 3 is 2.57 bits per heavy atom. The molecule has 14 heavy (non-hydrogen) atoms. The van der Waals surface area contributed by atoms with E-state index in [0.29, 0.717) is 4.21 Å². The molecular formula is C8H12INO2S2. The van der Waals surface area contributed by atoms with E-state index in [1.807, 2.05) is 26.6 Å². The number of thiophene rings is 1. The molecule has 0 amide bonds. The summed E-state index contributed by atoms with van der Waals surface area (Å²) in [6, 6.07) is 1.76. The van der Waals surface area contributed by atoms with Crippen molar-refractivity contribution in [1.82, 2.24) is 0 Å². The zero-order chi connectivity index (χ0) is 11.0. The van der Waals surface area contributed by atoms with Gasteiger partial charge in [0.15, 0.2) is 0 Å². The van der Waals surface area contributed by atoms with Gasteiger partial charge in [0.05, 0.1) is 26.8 Å². The highest BCUT2D eigenvalue weighted by molar-refractivity contribution is 14.2. The molecule has 1 aromatic heterocycles. The second-order valence-corrected chi connectivity index (χ2v) is 9.83. The highest BCUT2D eigenvalue weighted by atomic mass is 127. The van der Waals surface area contributed by atoms with Gasteiger partial charge in [0.2, 0.25) is 0 Å². The quantitative estimate of drug-likeness (QED) is 0.662. The lowest BCUT2D eigenvalue weighted by Crippen LogP contribution is -2.13. The average molecular weight is 345 g/mol. The second-order valence-electron chi connectivity index (χ2n) is 3.35. The molecule has 0 aliphatic rings. The van der Waals surface area contributed by atoms with Gasteiger partial charge in [0.1, 0.15) is 11.1 Å². The molecule has 0 aliphatic carbocycles. The van der Waals surface area contributed by atoms with Gasteiger partial charge < -0.3 is 5.11 Å². The summed E-state index contributed by atoms with van der Waals surface area (Å²) >= 11 is 3.21. The number of halogens is 1. The topological polar surface area (TPSA) is 49.7 Å². The van der Waals surface area contributed by atoms with Crippen LogP contribution in [0.4, 0.5) is 0 Å². The van der Waals surface area contributed by atoms with E-state index < -0.39 is 12.5 Å². The van der Waals surface area contributed by atoms with Crippen molar-refractivity contribution in [3.8, 4) is 0 Å². The fourth-order valence-electron chi connectivity index (χ4n) is 0.859. The van der Waals surface area contributed by atoms with Crippen molar-refractivity contribution < 1.29 is 9.32 Å². The van der Waals surface area contributed by atoms with Gasteiger partial charge in [0, 0.05) is 7.05 Å². The van der Waals surface area contributed by atoms with Gasteiger partial charge in [-0.2, -0.15) is 0 Å². The highest BCUT2D eigenvalue weighted by Crippen LogP contribution is 2.31. The summed E-state index contributed by atoms with van der Waals surface area (Å²) < 4.78 is 16.4. The number of hydrogen-bond acceptors (Lipinski definition) is 4. The third kappa shape index (κ3) is 2.68. The molecule has 0 saturated heterocycles. The Balaban J connectivity index is 3.20. The van der Waals surface area contributed by atoms with E-state index in [1.54, 1.807) is 19.9 Å². The molecule has 1 atom stereocenters. The van der Waals surface area contributed by atoms with Crippen molar-refractivity contribution in [2.75, 3.05) is 7.05 Å². The lowest BCUT2D eigenvalue weighted by molar-refractivity contribution is 0.0789. The Bertz CT molecular complexity index is 438. The Kier molecular flexibility index (Phi) is 3.61. The zero-order valence-corrected chi connectivity index (χ0v) is 11.9. The molecule has 1 N–H and O–H groups in total. The van der Waals surface area contributed by atoms with Crippen LogP contribution in [0.2, 0.25) is 0 Å². The van der Waals surface area contributed by atoms with Crippen molar-refractivity contribution in [2.45, 2.75) is 23.7 Å². The van der Waals surface area contributed by atoms with E-state index in [0.717, 1.165) is 5.56 Å². The summed E-state index contributed by atoms with van der Waals surface area (Å²) in [5.41, 5.74) is -0.0974. The molecule has 80 valence electrons.